The number of thioether (sulfide) groups is 1. The minimum atomic E-state index is 0.710. The van der Waals surface area contributed by atoms with Gasteiger partial charge in [0.25, 0.3) is 0 Å². The highest BCUT2D eigenvalue weighted by molar-refractivity contribution is 7.98. The Labute approximate surface area is 132 Å². The third kappa shape index (κ3) is 3.59. The Morgan fingerprint density at radius 2 is 2.14 bits per heavy atom. The first kappa shape index (κ1) is 14.5. The summed E-state index contributed by atoms with van der Waals surface area (Å²) in [7, 11) is 0. The van der Waals surface area contributed by atoms with Crippen LogP contribution in [0.1, 0.15) is 19.0 Å². The van der Waals surface area contributed by atoms with E-state index in [4.69, 9.17) is 9.47 Å². The maximum Gasteiger partial charge on any atom is 0.162 e. The Hall–Kier alpha value is -1.47. The van der Waals surface area contributed by atoms with Gasteiger partial charge >= 0.3 is 0 Å². The van der Waals surface area contributed by atoms with Gasteiger partial charge in [0.05, 0.1) is 13.2 Å². The molecule has 0 saturated carbocycles. The average molecular weight is 323 g/mol. The summed E-state index contributed by atoms with van der Waals surface area (Å²) in [6.07, 6.45) is 0.924. The van der Waals surface area contributed by atoms with Crippen LogP contribution in [0.25, 0.3) is 0 Å². The lowest BCUT2D eigenvalue weighted by Gasteiger charge is -2.09. The number of nitrogens with zero attached hydrogens (tertiary/aromatic N) is 2. The van der Waals surface area contributed by atoms with E-state index in [9.17, 15) is 0 Å². The first-order chi connectivity index (χ1) is 10.4. The summed E-state index contributed by atoms with van der Waals surface area (Å²) >= 11 is 3.13. The van der Waals surface area contributed by atoms with Crippen molar-refractivity contribution in [2.75, 3.05) is 25.1 Å². The number of hydrogen-bond donors (Lipinski definition) is 1. The molecule has 3 rings (SSSR count). The van der Waals surface area contributed by atoms with E-state index in [1.165, 1.54) is 11.5 Å². The second kappa shape index (κ2) is 7.00. The smallest absolute Gasteiger partial charge is 0.162 e. The molecule has 0 radical (unpaired) electrons. The first-order valence-electron chi connectivity index (χ1n) is 6.94. The van der Waals surface area contributed by atoms with Gasteiger partial charge in [-0.25, -0.2) is 0 Å². The first-order valence-corrected chi connectivity index (χ1v) is 8.70. The molecule has 0 atom stereocenters. The molecule has 7 heteroatoms. The fourth-order valence-corrected chi connectivity index (χ4v) is 3.58. The van der Waals surface area contributed by atoms with E-state index in [2.05, 4.69) is 27.9 Å². The van der Waals surface area contributed by atoms with Crippen LogP contribution in [-0.2, 0) is 5.75 Å². The van der Waals surface area contributed by atoms with Crippen molar-refractivity contribution in [2.24, 2.45) is 0 Å². The molecule has 2 aromatic rings. The van der Waals surface area contributed by atoms with E-state index < -0.39 is 0 Å². The summed E-state index contributed by atoms with van der Waals surface area (Å²) in [5.41, 5.74) is 0.999. The predicted octanol–water partition coefficient (Wildman–Crippen LogP) is 3.42. The lowest BCUT2D eigenvalue weighted by atomic mass is 10.3. The van der Waals surface area contributed by atoms with Crippen LogP contribution in [0, 0.1) is 0 Å². The van der Waals surface area contributed by atoms with Crippen molar-refractivity contribution in [3.8, 4) is 11.5 Å². The van der Waals surface area contributed by atoms with Crippen LogP contribution in [0.3, 0.4) is 0 Å². The summed E-state index contributed by atoms with van der Waals surface area (Å²) in [5.74, 6) is 2.46. The van der Waals surface area contributed by atoms with Crippen molar-refractivity contribution in [1.29, 1.82) is 0 Å². The van der Waals surface area contributed by atoms with E-state index in [1.54, 1.807) is 11.8 Å². The Kier molecular flexibility index (Phi) is 4.82. The van der Waals surface area contributed by atoms with E-state index in [1.807, 2.05) is 12.1 Å². The minimum absolute atomic E-state index is 0.710. The van der Waals surface area contributed by atoms with E-state index in [0.29, 0.717) is 6.61 Å². The monoisotopic (exact) mass is 323 g/mol. The molecule has 112 valence electrons. The van der Waals surface area contributed by atoms with Crippen LogP contribution >= 0.6 is 23.3 Å². The van der Waals surface area contributed by atoms with Gasteiger partial charge in [0.1, 0.15) is 10.7 Å². The Morgan fingerprint density at radius 1 is 1.29 bits per heavy atom. The van der Waals surface area contributed by atoms with Crippen molar-refractivity contribution in [2.45, 2.75) is 24.0 Å². The highest BCUT2D eigenvalue weighted by Crippen LogP contribution is 2.35. The summed E-state index contributed by atoms with van der Waals surface area (Å²) in [4.78, 5) is 1.15. The standard InChI is InChI=1S/C14H17N3O2S2/c1-2-15-14-11(16-17-21-14)9-20-10-4-5-12-13(8-10)19-7-3-6-18-12/h4-5,8,15H,2-3,6-7,9H2,1H3. The molecule has 2 heterocycles. The molecule has 1 aliphatic heterocycles. The van der Waals surface area contributed by atoms with E-state index in [0.717, 1.165) is 52.4 Å². The topological polar surface area (TPSA) is 56.3 Å². The fourth-order valence-electron chi connectivity index (χ4n) is 1.98. The Balaban J connectivity index is 1.67. The second-order valence-electron chi connectivity index (χ2n) is 4.53. The normalized spacial score (nSPS) is 13.8. The molecular weight excluding hydrogens is 306 g/mol. The van der Waals surface area contributed by atoms with Crippen LogP contribution in [-0.4, -0.2) is 29.3 Å². The lowest BCUT2D eigenvalue weighted by molar-refractivity contribution is 0.297. The molecule has 0 amide bonds. The minimum Gasteiger partial charge on any atom is -0.490 e. The van der Waals surface area contributed by atoms with Gasteiger partial charge in [-0.2, -0.15) is 0 Å². The summed E-state index contributed by atoms with van der Waals surface area (Å²) < 4.78 is 15.4. The fraction of sp³-hybridized carbons (Fsp3) is 0.429. The second-order valence-corrected chi connectivity index (χ2v) is 6.33. The number of fused-ring (bicyclic) bond motifs is 1. The zero-order valence-corrected chi connectivity index (χ0v) is 13.4. The molecule has 1 aliphatic rings. The number of aromatic nitrogens is 2. The van der Waals surface area contributed by atoms with Gasteiger partial charge in [-0.15, -0.1) is 16.9 Å². The van der Waals surface area contributed by atoms with Crippen LogP contribution in [0.2, 0.25) is 0 Å². The molecule has 0 aliphatic carbocycles. The Morgan fingerprint density at radius 3 is 3.00 bits per heavy atom. The van der Waals surface area contributed by atoms with Gasteiger partial charge in [0.15, 0.2) is 11.5 Å². The van der Waals surface area contributed by atoms with Gasteiger partial charge in [0, 0.05) is 35.1 Å². The van der Waals surface area contributed by atoms with Crippen LogP contribution in [0.15, 0.2) is 23.1 Å². The van der Waals surface area contributed by atoms with Gasteiger partial charge in [-0.3, -0.25) is 0 Å². The molecule has 5 nitrogen and oxygen atoms in total. The molecule has 1 N–H and O–H groups in total. The third-order valence-corrected chi connectivity index (χ3v) is 4.72. The predicted molar refractivity (Wildman–Crippen MR) is 85.7 cm³/mol. The number of rotatable bonds is 5. The maximum atomic E-state index is 5.71. The van der Waals surface area contributed by atoms with Crippen molar-refractivity contribution in [1.82, 2.24) is 9.59 Å². The lowest BCUT2D eigenvalue weighted by Crippen LogP contribution is -1.97. The zero-order chi connectivity index (χ0) is 14.5. The number of nitrogens with one attached hydrogen (secondary N) is 1. The largest absolute Gasteiger partial charge is 0.490 e. The molecule has 1 aromatic heterocycles. The van der Waals surface area contributed by atoms with Crippen LogP contribution < -0.4 is 14.8 Å². The number of ether oxygens (including phenoxy) is 2. The van der Waals surface area contributed by atoms with Crippen molar-refractivity contribution in [3.63, 3.8) is 0 Å². The maximum absolute atomic E-state index is 5.71. The summed E-state index contributed by atoms with van der Waals surface area (Å²) in [6, 6.07) is 6.08. The van der Waals surface area contributed by atoms with Crippen LogP contribution in [0.4, 0.5) is 5.00 Å². The Bertz CT molecular complexity index is 604. The summed E-state index contributed by atoms with van der Waals surface area (Å²) in [5, 5.41) is 8.52. The highest BCUT2D eigenvalue weighted by atomic mass is 32.2. The average Bonchev–Trinajstić information content (AvgIpc) is 2.81. The molecule has 21 heavy (non-hydrogen) atoms. The van der Waals surface area contributed by atoms with Crippen LogP contribution in [0.5, 0.6) is 11.5 Å². The number of benzene rings is 1. The third-order valence-electron chi connectivity index (χ3n) is 2.99. The van der Waals surface area contributed by atoms with Gasteiger partial charge < -0.3 is 14.8 Å². The molecule has 0 bridgehead atoms. The van der Waals surface area contributed by atoms with Gasteiger partial charge in [-0.1, -0.05) is 4.49 Å². The molecule has 1 aromatic carbocycles. The van der Waals surface area contributed by atoms with E-state index >= 15 is 0 Å². The van der Waals surface area contributed by atoms with Crippen molar-refractivity contribution < 1.29 is 9.47 Å². The van der Waals surface area contributed by atoms with Gasteiger partial charge in [0.2, 0.25) is 0 Å². The highest BCUT2D eigenvalue weighted by Gasteiger charge is 2.12. The summed E-state index contributed by atoms with van der Waals surface area (Å²) in [6.45, 7) is 4.38. The molecule has 0 fully saturated rings. The molecule has 0 unspecified atom stereocenters. The molecule has 0 saturated heterocycles. The number of anilines is 1. The SMILES string of the molecule is CCNc1snnc1CSc1ccc2c(c1)OCCCO2. The van der Waals surface area contributed by atoms with E-state index in [-0.39, 0.29) is 0 Å². The molecule has 0 spiro atoms. The quantitative estimate of drug-likeness (QED) is 0.851. The molecular formula is C14H17N3O2S2. The van der Waals surface area contributed by atoms with Gasteiger partial charge in [-0.05, 0) is 25.1 Å². The van der Waals surface area contributed by atoms with Crippen molar-refractivity contribution >= 4 is 28.3 Å². The number of hydrogen-bond acceptors (Lipinski definition) is 7. The zero-order valence-electron chi connectivity index (χ0n) is 11.8. The van der Waals surface area contributed by atoms with Crippen molar-refractivity contribution in [3.05, 3.63) is 23.9 Å².